The molecule has 1 aliphatic heterocycles. The SMILES string of the molecule is N#Cc1ccc([C@H]2CC(O)C[C@@H](CO)O2)cc1Cc1ccc(OC2CCCC2)cc1. The van der Waals surface area contributed by atoms with Crippen molar-refractivity contribution >= 4 is 0 Å². The molecule has 0 bridgehead atoms. The van der Waals surface area contributed by atoms with Crippen LogP contribution >= 0.6 is 0 Å². The van der Waals surface area contributed by atoms with Crippen LogP contribution in [0.15, 0.2) is 42.5 Å². The van der Waals surface area contributed by atoms with Gasteiger partial charge in [-0.3, -0.25) is 0 Å². The first-order chi connectivity index (χ1) is 14.6. The molecule has 1 saturated heterocycles. The highest BCUT2D eigenvalue weighted by Crippen LogP contribution is 2.33. The van der Waals surface area contributed by atoms with Gasteiger partial charge < -0.3 is 19.7 Å². The highest BCUT2D eigenvalue weighted by Gasteiger charge is 2.29. The predicted octanol–water partition coefficient (Wildman–Crippen LogP) is 4.04. The van der Waals surface area contributed by atoms with Crippen LogP contribution in [0.2, 0.25) is 0 Å². The fraction of sp³-hybridized carbons (Fsp3) is 0.480. The third kappa shape index (κ3) is 5.02. The summed E-state index contributed by atoms with van der Waals surface area (Å²) in [6.45, 7) is -0.105. The summed E-state index contributed by atoms with van der Waals surface area (Å²) in [4.78, 5) is 0. The second-order valence-corrected chi connectivity index (χ2v) is 8.43. The van der Waals surface area contributed by atoms with E-state index in [1.807, 2.05) is 30.3 Å². The molecule has 0 spiro atoms. The fourth-order valence-corrected chi connectivity index (χ4v) is 4.50. The Balaban J connectivity index is 1.49. The van der Waals surface area contributed by atoms with Gasteiger partial charge in [0, 0.05) is 12.8 Å². The molecule has 30 heavy (non-hydrogen) atoms. The van der Waals surface area contributed by atoms with Crippen molar-refractivity contribution in [3.05, 3.63) is 64.7 Å². The van der Waals surface area contributed by atoms with Gasteiger partial charge >= 0.3 is 0 Å². The van der Waals surface area contributed by atoms with Crippen LogP contribution in [0.3, 0.4) is 0 Å². The van der Waals surface area contributed by atoms with Gasteiger partial charge in [0.05, 0.1) is 42.7 Å². The first-order valence-electron chi connectivity index (χ1n) is 10.9. The summed E-state index contributed by atoms with van der Waals surface area (Å²) >= 11 is 0. The zero-order valence-corrected chi connectivity index (χ0v) is 17.2. The Hall–Kier alpha value is -2.39. The second-order valence-electron chi connectivity index (χ2n) is 8.43. The van der Waals surface area contributed by atoms with Crippen LogP contribution in [-0.4, -0.2) is 35.1 Å². The lowest BCUT2D eigenvalue weighted by atomic mass is 9.92. The Morgan fingerprint density at radius 2 is 1.83 bits per heavy atom. The highest BCUT2D eigenvalue weighted by molar-refractivity contribution is 5.44. The Morgan fingerprint density at radius 3 is 2.53 bits per heavy atom. The first kappa shape index (κ1) is 20.9. The quantitative estimate of drug-likeness (QED) is 0.755. The maximum absolute atomic E-state index is 10.1. The number of nitrogens with zero attached hydrogens (tertiary/aromatic N) is 1. The van der Waals surface area contributed by atoms with Crippen molar-refractivity contribution in [3.63, 3.8) is 0 Å². The summed E-state index contributed by atoms with van der Waals surface area (Å²) in [5, 5.41) is 29.1. The molecule has 2 N–H and O–H groups in total. The standard InChI is InChI=1S/C25H29NO4/c26-15-19-8-7-18(25-14-21(28)13-24(16-27)30-25)12-20(19)11-17-5-9-23(10-6-17)29-22-3-1-2-4-22/h5-10,12,21-22,24-25,27-28H,1-4,11,13-14,16H2/t21?,24-,25+/m0/s1. The third-order valence-electron chi connectivity index (χ3n) is 6.13. The van der Waals surface area contributed by atoms with Gasteiger partial charge in [-0.1, -0.05) is 24.3 Å². The molecule has 0 amide bonds. The Kier molecular flexibility index (Phi) is 6.69. The van der Waals surface area contributed by atoms with Gasteiger partial charge in [0.2, 0.25) is 0 Å². The first-order valence-corrected chi connectivity index (χ1v) is 10.9. The number of benzene rings is 2. The van der Waals surface area contributed by atoms with Crippen molar-refractivity contribution in [2.75, 3.05) is 6.61 Å². The lowest BCUT2D eigenvalue weighted by Crippen LogP contribution is -2.33. The lowest BCUT2D eigenvalue weighted by Gasteiger charge is -2.32. The molecule has 3 atom stereocenters. The third-order valence-corrected chi connectivity index (χ3v) is 6.13. The molecule has 0 radical (unpaired) electrons. The van der Waals surface area contributed by atoms with Crippen molar-refractivity contribution in [2.24, 2.45) is 0 Å². The zero-order chi connectivity index (χ0) is 20.9. The molecule has 2 fully saturated rings. The van der Waals surface area contributed by atoms with E-state index in [0.717, 1.165) is 35.3 Å². The van der Waals surface area contributed by atoms with Crippen molar-refractivity contribution in [2.45, 2.75) is 69.4 Å². The number of ether oxygens (including phenoxy) is 2. The van der Waals surface area contributed by atoms with Crippen LogP contribution < -0.4 is 4.74 Å². The highest BCUT2D eigenvalue weighted by atomic mass is 16.5. The molecular formula is C25H29NO4. The van der Waals surface area contributed by atoms with E-state index in [4.69, 9.17) is 9.47 Å². The molecule has 2 aromatic rings. The van der Waals surface area contributed by atoms with Gasteiger partial charge in [-0.25, -0.2) is 0 Å². The van der Waals surface area contributed by atoms with E-state index in [2.05, 4.69) is 18.2 Å². The minimum Gasteiger partial charge on any atom is -0.490 e. The van der Waals surface area contributed by atoms with Crippen LogP contribution in [0.25, 0.3) is 0 Å². The minimum absolute atomic E-state index is 0.105. The molecule has 1 aliphatic carbocycles. The maximum Gasteiger partial charge on any atom is 0.119 e. The zero-order valence-electron chi connectivity index (χ0n) is 17.2. The molecule has 0 aromatic heterocycles. The van der Waals surface area contributed by atoms with E-state index in [-0.39, 0.29) is 18.8 Å². The van der Waals surface area contributed by atoms with Gasteiger partial charge in [-0.15, -0.1) is 0 Å². The van der Waals surface area contributed by atoms with Gasteiger partial charge in [-0.05, 0) is 67.0 Å². The Morgan fingerprint density at radius 1 is 1.07 bits per heavy atom. The molecule has 5 nitrogen and oxygen atoms in total. The Bertz CT molecular complexity index is 883. The average Bonchev–Trinajstić information content (AvgIpc) is 3.27. The molecule has 5 heteroatoms. The lowest BCUT2D eigenvalue weighted by molar-refractivity contribution is -0.113. The number of hydrogen-bond donors (Lipinski definition) is 2. The smallest absolute Gasteiger partial charge is 0.119 e. The molecular weight excluding hydrogens is 378 g/mol. The van der Waals surface area contributed by atoms with E-state index < -0.39 is 6.10 Å². The van der Waals surface area contributed by atoms with Gasteiger partial charge in [0.25, 0.3) is 0 Å². The van der Waals surface area contributed by atoms with Crippen LogP contribution in [0.4, 0.5) is 0 Å². The topological polar surface area (TPSA) is 82.7 Å². The van der Waals surface area contributed by atoms with E-state index >= 15 is 0 Å². The van der Waals surface area contributed by atoms with Crippen LogP contribution in [0, 0.1) is 11.3 Å². The second kappa shape index (κ2) is 9.61. The molecule has 158 valence electrons. The van der Waals surface area contributed by atoms with E-state index in [1.54, 1.807) is 0 Å². The molecule has 4 rings (SSSR count). The number of aliphatic hydroxyl groups excluding tert-OH is 2. The Labute approximate surface area is 177 Å². The number of aliphatic hydroxyl groups is 2. The maximum atomic E-state index is 10.1. The fourth-order valence-electron chi connectivity index (χ4n) is 4.50. The van der Waals surface area contributed by atoms with Crippen LogP contribution in [0.1, 0.15) is 66.9 Å². The number of hydrogen-bond acceptors (Lipinski definition) is 5. The van der Waals surface area contributed by atoms with Gasteiger partial charge in [-0.2, -0.15) is 5.26 Å². The summed E-state index contributed by atoms with van der Waals surface area (Å²) < 4.78 is 12.0. The predicted molar refractivity (Wildman–Crippen MR) is 113 cm³/mol. The summed E-state index contributed by atoms with van der Waals surface area (Å²) in [5.41, 5.74) is 3.62. The van der Waals surface area contributed by atoms with Gasteiger partial charge in [0.15, 0.2) is 0 Å². The van der Waals surface area contributed by atoms with E-state index in [9.17, 15) is 15.5 Å². The summed E-state index contributed by atoms with van der Waals surface area (Å²) in [6, 6.07) is 16.1. The molecule has 2 aliphatic rings. The molecule has 1 heterocycles. The van der Waals surface area contributed by atoms with Gasteiger partial charge in [0.1, 0.15) is 5.75 Å². The van der Waals surface area contributed by atoms with Crippen molar-refractivity contribution in [1.29, 1.82) is 5.26 Å². The molecule has 1 unspecified atom stereocenters. The van der Waals surface area contributed by atoms with E-state index in [1.165, 1.54) is 12.8 Å². The van der Waals surface area contributed by atoms with Crippen LogP contribution in [0.5, 0.6) is 5.75 Å². The van der Waals surface area contributed by atoms with E-state index in [0.29, 0.717) is 30.9 Å². The summed E-state index contributed by atoms with van der Waals surface area (Å²) in [7, 11) is 0. The van der Waals surface area contributed by atoms with Crippen molar-refractivity contribution < 1.29 is 19.7 Å². The normalized spacial score (nSPS) is 24.5. The largest absolute Gasteiger partial charge is 0.490 e. The summed E-state index contributed by atoms with van der Waals surface area (Å²) in [5.74, 6) is 0.902. The van der Waals surface area contributed by atoms with Crippen molar-refractivity contribution in [3.8, 4) is 11.8 Å². The monoisotopic (exact) mass is 407 g/mol. The minimum atomic E-state index is -0.493. The number of nitriles is 1. The molecule has 2 aromatic carbocycles. The number of rotatable bonds is 6. The average molecular weight is 408 g/mol. The summed E-state index contributed by atoms with van der Waals surface area (Å²) in [6.07, 6.45) is 5.56. The van der Waals surface area contributed by atoms with Crippen LogP contribution in [-0.2, 0) is 11.2 Å². The molecule has 1 saturated carbocycles. The van der Waals surface area contributed by atoms with Crippen molar-refractivity contribution in [1.82, 2.24) is 0 Å².